The molecule has 1 N–H and O–H groups in total. The lowest BCUT2D eigenvalue weighted by molar-refractivity contribution is 0.0490. The van der Waals surface area contributed by atoms with Crippen LogP contribution in [0.2, 0.25) is 0 Å². The number of aliphatic hydroxyl groups excluding tert-OH is 1. The van der Waals surface area contributed by atoms with Crippen molar-refractivity contribution in [3.05, 3.63) is 0 Å². The smallest absolute Gasteiger partial charge is 0.0547 e. The van der Waals surface area contributed by atoms with Gasteiger partial charge in [0, 0.05) is 13.2 Å². The maximum atomic E-state index is 8.66. The van der Waals surface area contributed by atoms with E-state index < -0.39 is 0 Å². The lowest BCUT2D eigenvalue weighted by Crippen LogP contribution is -2.09. The third-order valence-corrected chi connectivity index (χ3v) is 3.67. The van der Waals surface area contributed by atoms with Crippen molar-refractivity contribution in [2.75, 3.05) is 13.2 Å². The van der Waals surface area contributed by atoms with Crippen LogP contribution in [-0.2, 0) is 4.74 Å². The Morgan fingerprint density at radius 2 is 1.32 bits per heavy atom. The summed E-state index contributed by atoms with van der Waals surface area (Å²) in [5, 5.41) is 8.66. The van der Waals surface area contributed by atoms with Gasteiger partial charge in [0.05, 0.1) is 6.10 Å². The Labute approximate surface area is 120 Å². The SMILES string of the molecule is CCCCCCCCCCCCC(C)OCCCO. The quantitative estimate of drug-likeness (QED) is 0.421. The van der Waals surface area contributed by atoms with E-state index in [4.69, 9.17) is 9.84 Å². The maximum Gasteiger partial charge on any atom is 0.0547 e. The first-order valence-electron chi connectivity index (χ1n) is 8.53. The second kappa shape index (κ2) is 16.0. The molecule has 0 saturated heterocycles. The number of hydrogen-bond donors (Lipinski definition) is 1. The molecule has 0 rings (SSSR count). The Morgan fingerprint density at radius 1 is 0.789 bits per heavy atom. The lowest BCUT2D eigenvalue weighted by Gasteiger charge is -2.12. The fourth-order valence-corrected chi connectivity index (χ4v) is 2.35. The second-order valence-electron chi connectivity index (χ2n) is 5.73. The van der Waals surface area contributed by atoms with Gasteiger partial charge in [-0.25, -0.2) is 0 Å². The van der Waals surface area contributed by atoms with E-state index >= 15 is 0 Å². The largest absolute Gasteiger partial charge is 0.396 e. The van der Waals surface area contributed by atoms with Crippen LogP contribution < -0.4 is 0 Å². The van der Waals surface area contributed by atoms with Gasteiger partial charge in [0.25, 0.3) is 0 Å². The minimum atomic E-state index is 0.241. The second-order valence-corrected chi connectivity index (χ2v) is 5.73. The zero-order chi connectivity index (χ0) is 14.2. The first-order chi connectivity index (χ1) is 9.31. The van der Waals surface area contributed by atoms with Crippen molar-refractivity contribution in [2.24, 2.45) is 0 Å². The third kappa shape index (κ3) is 15.9. The van der Waals surface area contributed by atoms with Crippen LogP contribution in [-0.4, -0.2) is 24.4 Å². The first-order valence-corrected chi connectivity index (χ1v) is 8.53. The van der Waals surface area contributed by atoms with Crippen LogP contribution >= 0.6 is 0 Å². The molecule has 0 spiro atoms. The van der Waals surface area contributed by atoms with Crippen LogP contribution in [0.25, 0.3) is 0 Å². The molecule has 0 saturated carbocycles. The molecule has 0 bridgehead atoms. The molecule has 1 unspecified atom stereocenters. The average molecular weight is 272 g/mol. The molecule has 2 heteroatoms. The van der Waals surface area contributed by atoms with Gasteiger partial charge in [0.1, 0.15) is 0 Å². The van der Waals surface area contributed by atoms with Crippen LogP contribution in [0.3, 0.4) is 0 Å². The summed E-state index contributed by atoms with van der Waals surface area (Å²) in [7, 11) is 0. The Balaban J connectivity index is 3.05. The average Bonchev–Trinajstić information content (AvgIpc) is 2.41. The zero-order valence-corrected chi connectivity index (χ0v) is 13.3. The van der Waals surface area contributed by atoms with Crippen LogP contribution in [0, 0.1) is 0 Å². The van der Waals surface area contributed by atoms with Gasteiger partial charge in [-0.3, -0.25) is 0 Å². The van der Waals surface area contributed by atoms with E-state index in [2.05, 4.69) is 13.8 Å². The molecule has 116 valence electrons. The molecule has 0 aromatic heterocycles. The summed E-state index contributed by atoms with van der Waals surface area (Å²) in [5.74, 6) is 0. The molecule has 0 aliphatic heterocycles. The van der Waals surface area contributed by atoms with E-state index in [1.165, 1.54) is 70.6 Å². The molecule has 0 aromatic carbocycles. The van der Waals surface area contributed by atoms with Crippen molar-refractivity contribution < 1.29 is 9.84 Å². The van der Waals surface area contributed by atoms with Gasteiger partial charge in [0.2, 0.25) is 0 Å². The predicted octanol–water partition coefficient (Wildman–Crippen LogP) is 5.08. The maximum absolute atomic E-state index is 8.66. The minimum Gasteiger partial charge on any atom is -0.396 e. The van der Waals surface area contributed by atoms with Gasteiger partial charge in [-0.2, -0.15) is 0 Å². The first kappa shape index (κ1) is 18.9. The van der Waals surface area contributed by atoms with E-state index in [0.29, 0.717) is 12.7 Å². The third-order valence-electron chi connectivity index (χ3n) is 3.67. The molecule has 0 heterocycles. The highest BCUT2D eigenvalue weighted by Gasteiger charge is 2.01. The summed E-state index contributed by atoms with van der Waals surface area (Å²) in [5.41, 5.74) is 0. The minimum absolute atomic E-state index is 0.241. The Hall–Kier alpha value is -0.0800. The summed E-state index contributed by atoms with van der Waals surface area (Å²) >= 11 is 0. The molecular formula is C17H36O2. The number of aliphatic hydroxyl groups is 1. The molecule has 0 aliphatic carbocycles. The summed E-state index contributed by atoms with van der Waals surface area (Å²) < 4.78 is 5.60. The van der Waals surface area contributed by atoms with Crippen molar-refractivity contribution in [3.8, 4) is 0 Å². The molecule has 0 aromatic rings. The summed E-state index contributed by atoms with van der Waals surface area (Å²) in [6, 6.07) is 0. The summed E-state index contributed by atoms with van der Waals surface area (Å²) in [6.07, 6.45) is 16.2. The number of ether oxygens (including phenoxy) is 1. The van der Waals surface area contributed by atoms with Gasteiger partial charge in [-0.15, -0.1) is 0 Å². The van der Waals surface area contributed by atoms with Crippen molar-refractivity contribution in [2.45, 2.75) is 97.0 Å². The van der Waals surface area contributed by atoms with E-state index in [9.17, 15) is 0 Å². The molecular weight excluding hydrogens is 236 g/mol. The van der Waals surface area contributed by atoms with Crippen LogP contribution in [0.1, 0.15) is 90.9 Å². The van der Waals surface area contributed by atoms with Crippen molar-refractivity contribution >= 4 is 0 Å². The molecule has 0 aliphatic rings. The molecule has 0 amide bonds. The normalized spacial score (nSPS) is 12.8. The number of hydrogen-bond acceptors (Lipinski definition) is 2. The highest BCUT2D eigenvalue weighted by atomic mass is 16.5. The Morgan fingerprint density at radius 3 is 1.84 bits per heavy atom. The molecule has 1 atom stereocenters. The fraction of sp³-hybridized carbons (Fsp3) is 1.00. The van der Waals surface area contributed by atoms with E-state index in [0.717, 1.165) is 6.42 Å². The van der Waals surface area contributed by atoms with Crippen molar-refractivity contribution in [3.63, 3.8) is 0 Å². The van der Waals surface area contributed by atoms with E-state index in [1.807, 2.05) is 0 Å². The lowest BCUT2D eigenvalue weighted by atomic mass is 10.0. The number of rotatable bonds is 15. The van der Waals surface area contributed by atoms with Crippen LogP contribution in [0.5, 0.6) is 0 Å². The molecule has 0 radical (unpaired) electrons. The van der Waals surface area contributed by atoms with Gasteiger partial charge in [-0.05, 0) is 19.8 Å². The summed E-state index contributed by atoms with van der Waals surface area (Å²) in [4.78, 5) is 0. The highest BCUT2D eigenvalue weighted by Crippen LogP contribution is 2.12. The summed E-state index contributed by atoms with van der Waals surface area (Å²) in [6.45, 7) is 5.36. The Kier molecular flexibility index (Phi) is 15.9. The van der Waals surface area contributed by atoms with Crippen molar-refractivity contribution in [1.29, 1.82) is 0 Å². The topological polar surface area (TPSA) is 29.5 Å². The highest BCUT2D eigenvalue weighted by molar-refractivity contribution is 4.53. The predicted molar refractivity (Wildman–Crippen MR) is 83.6 cm³/mol. The number of unbranched alkanes of at least 4 members (excludes halogenated alkanes) is 9. The molecule has 0 fully saturated rings. The van der Waals surface area contributed by atoms with E-state index in [-0.39, 0.29) is 6.61 Å². The Bertz CT molecular complexity index is 159. The monoisotopic (exact) mass is 272 g/mol. The zero-order valence-electron chi connectivity index (χ0n) is 13.3. The van der Waals surface area contributed by atoms with Crippen LogP contribution in [0.15, 0.2) is 0 Å². The molecule has 19 heavy (non-hydrogen) atoms. The standard InChI is InChI=1S/C17H36O2/c1-3-4-5-6-7-8-9-10-11-12-14-17(2)19-16-13-15-18/h17-18H,3-16H2,1-2H3. The van der Waals surface area contributed by atoms with Crippen LogP contribution in [0.4, 0.5) is 0 Å². The van der Waals surface area contributed by atoms with Gasteiger partial charge in [0.15, 0.2) is 0 Å². The fourth-order valence-electron chi connectivity index (χ4n) is 2.35. The van der Waals surface area contributed by atoms with Gasteiger partial charge < -0.3 is 9.84 Å². The van der Waals surface area contributed by atoms with E-state index in [1.54, 1.807) is 0 Å². The van der Waals surface area contributed by atoms with Crippen molar-refractivity contribution in [1.82, 2.24) is 0 Å². The van der Waals surface area contributed by atoms with Gasteiger partial charge in [-0.1, -0.05) is 71.1 Å². The van der Waals surface area contributed by atoms with Gasteiger partial charge >= 0.3 is 0 Å². The molecule has 2 nitrogen and oxygen atoms in total.